The molecule has 0 spiro atoms. The molecular formula is C19H29BO5. The van der Waals surface area contributed by atoms with E-state index in [1.165, 1.54) is 0 Å². The Morgan fingerprint density at radius 3 is 2.28 bits per heavy atom. The van der Waals surface area contributed by atoms with E-state index in [-0.39, 0.29) is 11.2 Å². The summed E-state index contributed by atoms with van der Waals surface area (Å²) in [7, 11) is 1.26. The maximum Gasteiger partial charge on any atom is 0.494 e. The molecule has 0 amide bonds. The van der Waals surface area contributed by atoms with E-state index >= 15 is 0 Å². The molecule has 0 atom stereocenters. The Hall–Kier alpha value is -1.24. The fourth-order valence-corrected chi connectivity index (χ4v) is 3.05. The summed E-state index contributed by atoms with van der Waals surface area (Å²) < 4.78 is 29.2. The van der Waals surface area contributed by atoms with E-state index in [0.29, 0.717) is 12.5 Å². The molecule has 6 heteroatoms. The average molecular weight is 348 g/mol. The van der Waals surface area contributed by atoms with Crippen molar-refractivity contribution < 1.29 is 23.5 Å². The van der Waals surface area contributed by atoms with Crippen LogP contribution >= 0.6 is 0 Å². The van der Waals surface area contributed by atoms with Crippen molar-refractivity contribution in [3.05, 3.63) is 18.2 Å². The summed E-state index contributed by atoms with van der Waals surface area (Å²) in [5.74, 6) is 1.99. The summed E-state index contributed by atoms with van der Waals surface area (Å²) in [5, 5.41) is 0. The Bertz CT molecular complexity index is 579. The molecule has 2 fully saturated rings. The zero-order valence-electron chi connectivity index (χ0n) is 16.0. The van der Waals surface area contributed by atoms with Crippen molar-refractivity contribution in [2.75, 3.05) is 26.9 Å². The zero-order valence-corrected chi connectivity index (χ0v) is 16.0. The predicted octanol–water partition coefficient (Wildman–Crippen LogP) is 2.80. The average Bonchev–Trinajstić information content (AvgIpc) is 2.81. The molecule has 0 N–H and O–H groups in total. The molecule has 0 bridgehead atoms. The molecule has 2 heterocycles. The first kappa shape index (κ1) is 18.6. The van der Waals surface area contributed by atoms with Crippen LogP contribution in [0.15, 0.2) is 18.2 Å². The lowest BCUT2D eigenvalue weighted by Crippen LogP contribution is -2.41. The normalized spacial score (nSPS) is 22.8. The Balaban J connectivity index is 1.73. The Morgan fingerprint density at radius 2 is 1.68 bits per heavy atom. The van der Waals surface area contributed by atoms with E-state index in [2.05, 4.69) is 27.7 Å². The van der Waals surface area contributed by atoms with Crippen LogP contribution < -0.4 is 14.9 Å². The van der Waals surface area contributed by atoms with Crippen molar-refractivity contribution in [3.8, 4) is 11.5 Å². The largest absolute Gasteiger partial charge is 0.494 e. The molecule has 0 aromatic heterocycles. The summed E-state index contributed by atoms with van der Waals surface area (Å²) in [6.45, 7) is 10.5. The lowest BCUT2D eigenvalue weighted by Gasteiger charge is -2.32. The quantitative estimate of drug-likeness (QED) is 0.766. The van der Waals surface area contributed by atoms with Gasteiger partial charge in [0.2, 0.25) is 0 Å². The number of rotatable bonds is 5. The second kappa shape index (κ2) is 7.18. The molecule has 5 nitrogen and oxygen atoms in total. The Morgan fingerprint density at radius 1 is 1.04 bits per heavy atom. The second-order valence-electron chi connectivity index (χ2n) is 7.87. The summed E-state index contributed by atoms with van der Waals surface area (Å²) in [4.78, 5) is 0. The van der Waals surface area contributed by atoms with Gasteiger partial charge in [0.25, 0.3) is 0 Å². The van der Waals surface area contributed by atoms with Crippen molar-refractivity contribution >= 4 is 12.6 Å². The van der Waals surface area contributed by atoms with Crippen LogP contribution in [-0.2, 0) is 14.0 Å². The van der Waals surface area contributed by atoms with Gasteiger partial charge in [0.15, 0.2) is 11.5 Å². The first-order valence-electron chi connectivity index (χ1n) is 9.06. The summed E-state index contributed by atoms with van der Waals surface area (Å²) in [5.41, 5.74) is 0.225. The third kappa shape index (κ3) is 3.96. The number of ether oxygens (including phenoxy) is 3. The van der Waals surface area contributed by atoms with E-state index in [1.54, 1.807) is 7.11 Å². The van der Waals surface area contributed by atoms with E-state index in [0.717, 1.165) is 43.0 Å². The minimum Gasteiger partial charge on any atom is -0.493 e. The third-order valence-corrected chi connectivity index (χ3v) is 5.53. The SMILES string of the molecule is COc1ccc(B2OC(C)(C)C(C)(C)O2)cc1OCC1CCOCC1. The molecule has 0 saturated carbocycles. The molecule has 25 heavy (non-hydrogen) atoms. The van der Waals surface area contributed by atoms with Crippen LogP contribution in [-0.4, -0.2) is 45.3 Å². The third-order valence-electron chi connectivity index (χ3n) is 5.53. The van der Waals surface area contributed by atoms with Gasteiger partial charge in [-0.05, 0) is 64.1 Å². The molecule has 1 aromatic rings. The summed E-state index contributed by atoms with van der Waals surface area (Å²) >= 11 is 0. The fraction of sp³-hybridized carbons (Fsp3) is 0.684. The van der Waals surface area contributed by atoms with E-state index in [1.807, 2.05) is 18.2 Å². The van der Waals surface area contributed by atoms with E-state index in [4.69, 9.17) is 23.5 Å². The van der Waals surface area contributed by atoms with Crippen LogP contribution in [0.5, 0.6) is 11.5 Å². The number of benzene rings is 1. The maximum atomic E-state index is 6.14. The highest BCUT2D eigenvalue weighted by Crippen LogP contribution is 2.37. The van der Waals surface area contributed by atoms with Gasteiger partial charge in [0, 0.05) is 13.2 Å². The van der Waals surface area contributed by atoms with Crippen LogP contribution in [0.1, 0.15) is 40.5 Å². The van der Waals surface area contributed by atoms with Crippen LogP contribution in [0.25, 0.3) is 0 Å². The second-order valence-corrected chi connectivity index (χ2v) is 7.87. The minimum atomic E-state index is -0.402. The minimum absolute atomic E-state index is 0.360. The Kier molecular flexibility index (Phi) is 5.33. The molecule has 2 aliphatic rings. The number of hydrogen-bond acceptors (Lipinski definition) is 5. The molecule has 0 radical (unpaired) electrons. The highest BCUT2D eigenvalue weighted by molar-refractivity contribution is 6.62. The standard InChI is InChI=1S/C19H29BO5/c1-18(2)19(3,4)25-20(24-18)15-6-7-16(21-5)17(12-15)23-13-14-8-10-22-11-9-14/h6-7,12,14H,8-11,13H2,1-5H3. The highest BCUT2D eigenvalue weighted by atomic mass is 16.7. The molecule has 138 valence electrons. The van der Waals surface area contributed by atoms with Gasteiger partial charge >= 0.3 is 7.12 Å². The van der Waals surface area contributed by atoms with Crippen LogP contribution in [0.2, 0.25) is 0 Å². The van der Waals surface area contributed by atoms with Gasteiger partial charge in [0.05, 0.1) is 24.9 Å². The van der Waals surface area contributed by atoms with Gasteiger partial charge in [-0.15, -0.1) is 0 Å². The highest BCUT2D eigenvalue weighted by Gasteiger charge is 2.51. The van der Waals surface area contributed by atoms with E-state index < -0.39 is 7.12 Å². The number of methoxy groups -OCH3 is 1. The lowest BCUT2D eigenvalue weighted by molar-refractivity contribution is 0.00578. The Labute approximate surface area is 151 Å². The maximum absolute atomic E-state index is 6.14. The number of hydrogen-bond donors (Lipinski definition) is 0. The fourth-order valence-electron chi connectivity index (χ4n) is 3.05. The lowest BCUT2D eigenvalue weighted by atomic mass is 9.79. The first-order valence-corrected chi connectivity index (χ1v) is 9.06. The van der Waals surface area contributed by atoms with Crippen molar-refractivity contribution in [2.45, 2.75) is 51.7 Å². The van der Waals surface area contributed by atoms with Gasteiger partial charge in [-0.25, -0.2) is 0 Å². The van der Waals surface area contributed by atoms with Crippen molar-refractivity contribution in [1.29, 1.82) is 0 Å². The first-order chi connectivity index (χ1) is 11.8. The molecule has 2 saturated heterocycles. The van der Waals surface area contributed by atoms with Crippen molar-refractivity contribution in [1.82, 2.24) is 0 Å². The zero-order chi connectivity index (χ0) is 18.1. The molecule has 2 aliphatic heterocycles. The molecule has 3 rings (SSSR count). The van der Waals surface area contributed by atoms with Gasteiger partial charge in [0.1, 0.15) is 0 Å². The summed E-state index contributed by atoms with van der Waals surface area (Å²) in [6.07, 6.45) is 2.08. The van der Waals surface area contributed by atoms with Gasteiger partial charge < -0.3 is 23.5 Å². The smallest absolute Gasteiger partial charge is 0.493 e. The van der Waals surface area contributed by atoms with Gasteiger partial charge in [-0.1, -0.05) is 6.07 Å². The van der Waals surface area contributed by atoms with Crippen LogP contribution in [0.3, 0.4) is 0 Å². The topological polar surface area (TPSA) is 46.2 Å². The molecule has 0 aliphatic carbocycles. The summed E-state index contributed by atoms with van der Waals surface area (Å²) in [6, 6.07) is 5.86. The van der Waals surface area contributed by atoms with Gasteiger partial charge in [-0.2, -0.15) is 0 Å². The predicted molar refractivity (Wildman–Crippen MR) is 97.7 cm³/mol. The molecular weight excluding hydrogens is 319 g/mol. The van der Waals surface area contributed by atoms with Gasteiger partial charge in [-0.3, -0.25) is 0 Å². The van der Waals surface area contributed by atoms with Crippen LogP contribution in [0.4, 0.5) is 0 Å². The van der Waals surface area contributed by atoms with Crippen LogP contribution in [0, 0.1) is 5.92 Å². The van der Waals surface area contributed by atoms with Crippen molar-refractivity contribution in [2.24, 2.45) is 5.92 Å². The molecule has 1 aromatic carbocycles. The monoisotopic (exact) mass is 348 g/mol. The van der Waals surface area contributed by atoms with E-state index in [9.17, 15) is 0 Å². The molecule has 0 unspecified atom stereocenters. The van der Waals surface area contributed by atoms with Crippen molar-refractivity contribution in [3.63, 3.8) is 0 Å².